The third kappa shape index (κ3) is 3.89. The van der Waals surface area contributed by atoms with Crippen molar-refractivity contribution < 1.29 is 24.2 Å². The highest BCUT2D eigenvalue weighted by Gasteiger charge is 2.35. The molecule has 0 aliphatic carbocycles. The smallest absolute Gasteiger partial charge is 0.331 e. The van der Waals surface area contributed by atoms with Crippen LogP contribution in [-0.4, -0.2) is 42.6 Å². The maximum atomic E-state index is 12.8. The number of carboxylic acids is 1. The van der Waals surface area contributed by atoms with Crippen LogP contribution in [0.4, 0.5) is 0 Å². The lowest BCUT2D eigenvalue weighted by Crippen LogP contribution is -2.43. The third-order valence-corrected chi connectivity index (χ3v) is 4.91. The Morgan fingerprint density at radius 2 is 1.85 bits per heavy atom. The summed E-state index contributed by atoms with van der Waals surface area (Å²) >= 11 is 0. The largest absolute Gasteiger partial charge is 0.493 e. The molecule has 0 saturated heterocycles. The molecule has 1 N–H and O–H groups in total. The molecule has 1 atom stereocenters. The van der Waals surface area contributed by atoms with Gasteiger partial charge in [0.1, 0.15) is 0 Å². The van der Waals surface area contributed by atoms with Crippen molar-refractivity contribution in [3.05, 3.63) is 59.2 Å². The average molecular weight is 369 g/mol. The second-order valence-electron chi connectivity index (χ2n) is 6.47. The number of aliphatic carboxylic acids is 1. The Morgan fingerprint density at radius 3 is 2.56 bits per heavy atom. The molecule has 27 heavy (non-hydrogen) atoms. The fourth-order valence-corrected chi connectivity index (χ4v) is 3.53. The summed E-state index contributed by atoms with van der Waals surface area (Å²) in [6.45, 7) is 0.415. The van der Waals surface area contributed by atoms with Crippen molar-refractivity contribution in [2.75, 3.05) is 20.8 Å². The fourth-order valence-electron chi connectivity index (χ4n) is 3.53. The molecule has 0 spiro atoms. The predicted octanol–water partition coefficient (Wildman–Crippen LogP) is 2.85. The minimum Gasteiger partial charge on any atom is -0.493 e. The number of carbonyl (C=O) groups excluding carboxylic acids is 1. The van der Waals surface area contributed by atoms with E-state index < -0.39 is 12.0 Å². The Balaban J connectivity index is 1.73. The zero-order chi connectivity index (χ0) is 19.4. The van der Waals surface area contributed by atoms with Gasteiger partial charge < -0.3 is 19.5 Å². The second kappa shape index (κ2) is 8.12. The number of hydrogen-bond donors (Lipinski definition) is 1. The van der Waals surface area contributed by atoms with Gasteiger partial charge in [-0.2, -0.15) is 0 Å². The molecule has 6 heteroatoms. The lowest BCUT2D eigenvalue weighted by Gasteiger charge is -2.34. The summed E-state index contributed by atoms with van der Waals surface area (Å²) in [5.41, 5.74) is 2.63. The number of aryl methyl sites for hydroxylation is 1. The third-order valence-electron chi connectivity index (χ3n) is 4.91. The summed E-state index contributed by atoms with van der Waals surface area (Å²) in [6, 6.07) is 12.0. The Hall–Kier alpha value is -3.02. The van der Waals surface area contributed by atoms with Gasteiger partial charge in [0.25, 0.3) is 0 Å². The van der Waals surface area contributed by atoms with Gasteiger partial charge in [0.05, 0.1) is 14.2 Å². The van der Waals surface area contributed by atoms with Crippen molar-refractivity contribution in [2.45, 2.75) is 25.3 Å². The van der Waals surface area contributed by atoms with E-state index >= 15 is 0 Å². The number of ether oxygens (including phenoxy) is 2. The Bertz CT molecular complexity index is 848. The van der Waals surface area contributed by atoms with Crippen LogP contribution < -0.4 is 9.47 Å². The summed E-state index contributed by atoms with van der Waals surface area (Å²) < 4.78 is 10.5. The number of carbonyl (C=O) groups is 2. The van der Waals surface area contributed by atoms with Crippen LogP contribution in [0.15, 0.2) is 42.5 Å². The van der Waals surface area contributed by atoms with E-state index in [0.717, 1.165) is 11.1 Å². The van der Waals surface area contributed by atoms with E-state index in [9.17, 15) is 14.7 Å². The topological polar surface area (TPSA) is 76.1 Å². The number of fused-ring (bicyclic) bond motifs is 1. The predicted molar refractivity (Wildman–Crippen MR) is 100 cm³/mol. The van der Waals surface area contributed by atoms with E-state index in [2.05, 4.69) is 0 Å². The van der Waals surface area contributed by atoms with Crippen molar-refractivity contribution in [1.82, 2.24) is 4.90 Å². The molecule has 1 aliphatic rings. The molecule has 0 bridgehead atoms. The molecular formula is C21H23NO5. The SMILES string of the molecule is COc1ccc(CCC(=O)N2CCc3ccccc3C2C(=O)O)cc1OC. The molecule has 2 aromatic rings. The molecule has 142 valence electrons. The normalized spacial score (nSPS) is 15.8. The summed E-state index contributed by atoms with van der Waals surface area (Å²) in [7, 11) is 3.14. The Morgan fingerprint density at radius 1 is 1.11 bits per heavy atom. The van der Waals surface area contributed by atoms with Crippen LogP contribution in [-0.2, 0) is 22.4 Å². The van der Waals surface area contributed by atoms with E-state index in [1.54, 1.807) is 26.4 Å². The van der Waals surface area contributed by atoms with E-state index in [1.807, 2.05) is 30.3 Å². The zero-order valence-electron chi connectivity index (χ0n) is 15.5. The first-order chi connectivity index (χ1) is 13.0. The van der Waals surface area contributed by atoms with Gasteiger partial charge in [0, 0.05) is 13.0 Å². The zero-order valence-corrected chi connectivity index (χ0v) is 15.5. The number of benzene rings is 2. The fraction of sp³-hybridized carbons (Fsp3) is 0.333. The molecule has 0 aromatic heterocycles. The molecular weight excluding hydrogens is 346 g/mol. The first-order valence-corrected chi connectivity index (χ1v) is 8.86. The van der Waals surface area contributed by atoms with Gasteiger partial charge >= 0.3 is 5.97 Å². The maximum absolute atomic E-state index is 12.8. The first kappa shape index (κ1) is 18.8. The number of methoxy groups -OCH3 is 2. The summed E-state index contributed by atoms with van der Waals surface area (Å²) in [4.78, 5) is 26.1. The Kier molecular flexibility index (Phi) is 5.64. The molecule has 0 fully saturated rings. The number of carboxylic acid groups (broad SMARTS) is 1. The van der Waals surface area contributed by atoms with Crippen LogP contribution in [0.25, 0.3) is 0 Å². The second-order valence-corrected chi connectivity index (χ2v) is 6.47. The number of rotatable bonds is 6. The molecule has 2 aromatic carbocycles. The van der Waals surface area contributed by atoms with Crippen molar-refractivity contribution in [3.63, 3.8) is 0 Å². The number of hydrogen-bond acceptors (Lipinski definition) is 4. The number of nitrogens with zero attached hydrogens (tertiary/aromatic N) is 1. The van der Waals surface area contributed by atoms with Gasteiger partial charge in [-0.15, -0.1) is 0 Å². The van der Waals surface area contributed by atoms with E-state index in [0.29, 0.717) is 36.4 Å². The van der Waals surface area contributed by atoms with Gasteiger partial charge in [-0.05, 0) is 41.7 Å². The molecule has 3 rings (SSSR count). The van der Waals surface area contributed by atoms with Crippen LogP contribution in [0.2, 0.25) is 0 Å². The van der Waals surface area contributed by atoms with Gasteiger partial charge in [-0.1, -0.05) is 30.3 Å². The van der Waals surface area contributed by atoms with E-state index in [-0.39, 0.29) is 12.3 Å². The molecule has 0 saturated carbocycles. The maximum Gasteiger partial charge on any atom is 0.331 e. The van der Waals surface area contributed by atoms with Crippen LogP contribution in [0.3, 0.4) is 0 Å². The Labute approximate surface area is 158 Å². The number of amides is 1. The van der Waals surface area contributed by atoms with Crippen LogP contribution >= 0.6 is 0 Å². The van der Waals surface area contributed by atoms with Gasteiger partial charge in [-0.25, -0.2) is 4.79 Å². The van der Waals surface area contributed by atoms with Gasteiger partial charge in [-0.3, -0.25) is 4.79 Å². The standard InChI is InChI=1S/C21H23NO5/c1-26-17-9-7-14(13-18(17)27-2)8-10-19(23)22-12-11-15-5-3-4-6-16(15)20(22)21(24)25/h3-7,9,13,20H,8,10-12H2,1-2H3,(H,24,25). The summed E-state index contributed by atoms with van der Waals surface area (Å²) in [5, 5.41) is 9.69. The molecule has 1 heterocycles. The highest BCUT2D eigenvalue weighted by molar-refractivity contribution is 5.85. The van der Waals surface area contributed by atoms with Crippen molar-refractivity contribution in [1.29, 1.82) is 0 Å². The lowest BCUT2D eigenvalue weighted by molar-refractivity contribution is -0.151. The van der Waals surface area contributed by atoms with Crippen molar-refractivity contribution in [3.8, 4) is 11.5 Å². The van der Waals surface area contributed by atoms with Crippen molar-refractivity contribution in [2.24, 2.45) is 0 Å². The van der Waals surface area contributed by atoms with E-state index in [1.165, 1.54) is 4.90 Å². The van der Waals surface area contributed by atoms with Crippen molar-refractivity contribution >= 4 is 11.9 Å². The quantitative estimate of drug-likeness (QED) is 0.847. The average Bonchev–Trinajstić information content (AvgIpc) is 2.70. The minimum atomic E-state index is -0.999. The molecule has 1 aliphatic heterocycles. The molecule has 6 nitrogen and oxygen atoms in total. The van der Waals surface area contributed by atoms with E-state index in [4.69, 9.17) is 9.47 Å². The molecule has 0 radical (unpaired) electrons. The summed E-state index contributed by atoms with van der Waals surface area (Å²) in [5.74, 6) is 0.0808. The first-order valence-electron chi connectivity index (χ1n) is 8.86. The molecule has 1 amide bonds. The lowest BCUT2D eigenvalue weighted by atomic mass is 9.92. The monoisotopic (exact) mass is 369 g/mol. The van der Waals surface area contributed by atoms with Gasteiger partial charge in [0.2, 0.25) is 5.91 Å². The van der Waals surface area contributed by atoms with Gasteiger partial charge in [0.15, 0.2) is 17.5 Å². The summed E-state index contributed by atoms with van der Waals surface area (Å²) in [6.07, 6.45) is 1.41. The van der Waals surface area contributed by atoms with Crippen LogP contribution in [0.1, 0.15) is 29.2 Å². The van der Waals surface area contributed by atoms with Crippen LogP contribution in [0, 0.1) is 0 Å². The molecule has 1 unspecified atom stereocenters. The highest BCUT2D eigenvalue weighted by Crippen LogP contribution is 2.31. The van der Waals surface area contributed by atoms with Crippen LogP contribution in [0.5, 0.6) is 11.5 Å². The minimum absolute atomic E-state index is 0.160. The highest BCUT2D eigenvalue weighted by atomic mass is 16.5.